The van der Waals surface area contributed by atoms with Gasteiger partial charge in [-0.15, -0.1) is 0 Å². The lowest BCUT2D eigenvalue weighted by Crippen LogP contribution is -2.49. The molecule has 2 heterocycles. The summed E-state index contributed by atoms with van der Waals surface area (Å²) in [7, 11) is 1.82. The second-order valence-corrected chi connectivity index (χ2v) is 8.16. The van der Waals surface area contributed by atoms with Crippen LogP contribution in [0.4, 0.5) is 4.39 Å². The van der Waals surface area contributed by atoms with E-state index in [4.69, 9.17) is 0 Å². The number of aryl methyl sites for hydroxylation is 1. The van der Waals surface area contributed by atoms with Gasteiger partial charge < -0.3 is 9.47 Å². The smallest absolute Gasteiger partial charge is 0.270 e. The highest BCUT2D eigenvalue weighted by molar-refractivity contribution is 6.05. The number of halogens is 1. The third kappa shape index (κ3) is 2.22. The van der Waals surface area contributed by atoms with Crippen LogP contribution in [-0.2, 0) is 13.5 Å². The molecule has 0 spiro atoms. The largest absolute Gasteiger partial charge is 0.340 e. The highest BCUT2D eigenvalue weighted by Crippen LogP contribution is 2.45. The van der Waals surface area contributed by atoms with Crippen LogP contribution in [0.5, 0.6) is 0 Å². The zero-order valence-electron chi connectivity index (χ0n) is 15.9. The van der Waals surface area contributed by atoms with E-state index in [2.05, 4.69) is 0 Å². The highest BCUT2D eigenvalue weighted by Gasteiger charge is 2.53. The highest BCUT2D eigenvalue weighted by atomic mass is 19.1. The number of nitrogens with zero attached hydrogens (tertiary/aromatic N) is 2. The molecule has 5 heteroatoms. The van der Waals surface area contributed by atoms with Crippen molar-refractivity contribution in [3.8, 4) is 0 Å². The molecule has 5 rings (SSSR count). The number of ketones is 1. The van der Waals surface area contributed by atoms with Crippen molar-refractivity contribution in [2.45, 2.75) is 25.8 Å². The van der Waals surface area contributed by atoms with E-state index in [0.29, 0.717) is 30.5 Å². The third-order valence-electron chi connectivity index (χ3n) is 6.66. The lowest BCUT2D eigenvalue weighted by Gasteiger charge is -2.38. The number of hydrogen-bond acceptors (Lipinski definition) is 2. The van der Waals surface area contributed by atoms with E-state index in [1.807, 2.05) is 47.7 Å². The first-order valence-electron chi connectivity index (χ1n) is 9.59. The van der Waals surface area contributed by atoms with E-state index < -0.39 is 5.41 Å². The molecule has 2 unspecified atom stereocenters. The molecule has 4 nitrogen and oxygen atoms in total. The van der Waals surface area contributed by atoms with E-state index in [-0.39, 0.29) is 23.5 Å². The van der Waals surface area contributed by atoms with Crippen molar-refractivity contribution in [3.05, 3.63) is 71.2 Å². The first-order valence-corrected chi connectivity index (χ1v) is 9.59. The third-order valence-corrected chi connectivity index (χ3v) is 6.66. The Morgan fingerprint density at radius 2 is 1.96 bits per heavy atom. The molecule has 0 radical (unpaired) electrons. The number of carbonyl (C=O) groups excluding carboxylic acids is 2. The van der Waals surface area contributed by atoms with Gasteiger partial charge >= 0.3 is 0 Å². The second-order valence-electron chi connectivity index (χ2n) is 8.16. The molecular weight excluding hydrogens is 355 g/mol. The fourth-order valence-electron chi connectivity index (χ4n) is 4.97. The first kappa shape index (κ1) is 17.2. The molecule has 28 heavy (non-hydrogen) atoms. The fourth-order valence-corrected chi connectivity index (χ4v) is 4.97. The predicted octanol–water partition coefficient (Wildman–Crippen LogP) is 3.98. The molecule has 3 aromatic rings. The molecule has 0 bridgehead atoms. The minimum atomic E-state index is -0.555. The van der Waals surface area contributed by atoms with Crippen molar-refractivity contribution < 1.29 is 14.0 Å². The summed E-state index contributed by atoms with van der Waals surface area (Å²) >= 11 is 0. The van der Waals surface area contributed by atoms with Gasteiger partial charge in [-0.1, -0.05) is 31.2 Å². The van der Waals surface area contributed by atoms with Crippen molar-refractivity contribution in [2.75, 3.05) is 6.54 Å². The van der Waals surface area contributed by atoms with Crippen LogP contribution >= 0.6 is 0 Å². The van der Waals surface area contributed by atoms with Crippen molar-refractivity contribution in [1.29, 1.82) is 0 Å². The zero-order chi connectivity index (χ0) is 19.6. The Balaban J connectivity index is 1.56. The second kappa shape index (κ2) is 5.77. The van der Waals surface area contributed by atoms with E-state index in [9.17, 15) is 14.0 Å². The van der Waals surface area contributed by atoms with E-state index in [1.54, 1.807) is 12.1 Å². The molecule has 2 aromatic carbocycles. The van der Waals surface area contributed by atoms with Crippen LogP contribution in [0.15, 0.2) is 48.5 Å². The summed E-state index contributed by atoms with van der Waals surface area (Å²) in [6.45, 7) is 2.54. The Morgan fingerprint density at radius 1 is 1.18 bits per heavy atom. The fraction of sp³-hybridized carbons (Fsp3) is 0.304. The standard InChI is InChI=1S/C23H21FN2O2/c1-23-9-10-26(20(23)13-14-5-3-4-6-17(14)21(23)27)22(28)19-12-15-11-16(24)7-8-18(15)25(19)2/h3-8,11-12,20H,9-10,13H2,1-2H3. The number of rotatable bonds is 1. The summed E-state index contributed by atoms with van der Waals surface area (Å²) in [5.41, 5.74) is 2.58. The van der Waals surface area contributed by atoms with E-state index in [0.717, 1.165) is 16.6 Å². The van der Waals surface area contributed by atoms with Gasteiger partial charge in [-0.05, 0) is 42.7 Å². The topological polar surface area (TPSA) is 42.3 Å². The summed E-state index contributed by atoms with van der Waals surface area (Å²) < 4.78 is 15.4. The summed E-state index contributed by atoms with van der Waals surface area (Å²) in [6, 6.07) is 13.8. The average Bonchev–Trinajstić information content (AvgIpc) is 3.19. The molecule has 1 saturated heterocycles. The Hall–Kier alpha value is -2.95. The normalized spacial score (nSPS) is 23.8. The van der Waals surface area contributed by atoms with E-state index >= 15 is 0 Å². The maximum absolute atomic E-state index is 13.6. The van der Waals surface area contributed by atoms with Crippen LogP contribution in [0.2, 0.25) is 0 Å². The van der Waals surface area contributed by atoms with Gasteiger partial charge in [-0.25, -0.2) is 4.39 Å². The van der Waals surface area contributed by atoms with Crippen LogP contribution < -0.4 is 0 Å². The summed E-state index contributed by atoms with van der Waals surface area (Å²) in [6.07, 6.45) is 1.35. The van der Waals surface area contributed by atoms with Crippen LogP contribution in [-0.4, -0.2) is 33.7 Å². The number of carbonyl (C=O) groups is 2. The predicted molar refractivity (Wildman–Crippen MR) is 105 cm³/mol. The van der Waals surface area contributed by atoms with Gasteiger partial charge in [0.1, 0.15) is 11.5 Å². The van der Waals surface area contributed by atoms with Crippen LogP contribution in [0.3, 0.4) is 0 Å². The molecule has 2 aliphatic rings. The number of likely N-dealkylation sites (tertiary alicyclic amines) is 1. The van der Waals surface area contributed by atoms with Gasteiger partial charge in [-0.3, -0.25) is 9.59 Å². The molecule has 1 aromatic heterocycles. The van der Waals surface area contributed by atoms with Crippen LogP contribution in [0, 0.1) is 11.2 Å². The number of hydrogen-bond donors (Lipinski definition) is 0. The van der Waals surface area contributed by atoms with Gasteiger partial charge in [-0.2, -0.15) is 0 Å². The summed E-state index contributed by atoms with van der Waals surface area (Å²) in [4.78, 5) is 28.5. The molecule has 1 aliphatic heterocycles. The SMILES string of the molecule is Cn1c(C(=O)N2CCC3(C)C(=O)c4ccccc4CC23)cc2cc(F)ccc21. The number of amides is 1. The zero-order valence-corrected chi connectivity index (χ0v) is 15.9. The Kier molecular flexibility index (Phi) is 3.54. The quantitative estimate of drug-likeness (QED) is 0.645. The van der Waals surface area contributed by atoms with Crippen LogP contribution in [0.1, 0.15) is 39.8 Å². The first-order chi connectivity index (χ1) is 13.4. The molecule has 1 amide bonds. The molecule has 0 saturated carbocycles. The minimum absolute atomic E-state index is 0.0972. The molecule has 2 atom stereocenters. The van der Waals surface area contributed by atoms with Gasteiger partial charge in [0.2, 0.25) is 0 Å². The van der Waals surface area contributed by atoms with Gasteiger partial charge in [0, 0.05) is 36.1 Å². The maximum Gasteiger partial charge on any atom is 0.270 e. The van der Waals surface area contributed by atoms with Crippen molar-refractivity contribution in [3.63, 3.8) is 0 Å². The minimum Gasteiger partial charge on any atom is -0.340 e. The van der Waals surface area contributed by atoms with Crippen molar-refractivity contribution >= 4 is 22.6 Å². The Morgan fingerprint density at radius 3 is 2.79 bits per heavy atom. The maximum atomic E-state index is 13.6. The summed E-state index contributed by atoms with van der Waals surface area (Å²) in [5, 5.41) is 0.706. The summed E-state index contributed by atoms with van der Waals surface area (Å²) in [5.74, 6) is -0.283. The van der Waals surface area contributed by atoms with Crippen molar-refractivity contribution in [1.82, 2.24) is 9.47 Å². The number of Topliss-reactive ketones (excluding diaryl/α,β-unsaturated/α-hetero) is 1. The van der Waals surface area contributed by atoms with Gasteiger partial charge in [0.25, 0.3) is 5.91 Å². The monoisotopic (exact) mass is 376 g/mol. The Labute approximate surface area is 162 Å². The molecule has 1 aliphatic carbocycles. The van der Waals surface area contributed by atoms with Gasteiger partial charge in [0.05, 0.1) is 5.41 Å². The lowest BCUT2D eigenvalue weighted by molar-refractivity contribution is 0.0596. The van der Waals surface area contributed by atoms with E-state index in [1.165, 1.54) is 12.1 Å². The van der Waals surface area contributed by atoms with Crippen molar-refractivity contribution in [2.24, 2.45) is 12.5 Å². The molecular formula is C23H21FN2O2. The average molecular weight is 376 g/mol. The van der Waals surface area contributed by atoms with Crippen LogP contribution in [0.25, 0.3) is 10.9 Å². The Bertz CT molecular complexity index is 1150. The molecule has 142 valence electrons. The number of fused-ring (bicyclic) bond motifs is 3. The number of benzene rings is 2. The van der Waals surface area contributed by atoms with Gasteiger partial charge in [0.15, 0.2) is 5.78 Å². The lowest BCUT2D eigenvalue weighted by atomic mass is 9.68. The number of aromatic nitrogens is 1. The molecule has 0 N–H and O–H groups in total. The molecule has 1 fully saturated rings.